The third-order valence-corrected chi connectivity index (χ3v) is 6.01. The number of hydrogen-bond acceptors (Lipinski definition) is 2. The van der Waals surface area contributed by atoms with Crippen molar-refractivity contribution >= 4 is 27.8 Å². The molecule has 0 aliphatic heterocycles. The van der Waals surface area contributed by atoms with Crippen molar-refractivity contribution in [2.45, 2.75) is 34.1 Å². The number of H-pyrrole nitrogens is 2. The molecule has 0 unspecified atom stereocenters. The van der Waals surface area contributed by atoms with Gasteiger partial charge in [0.25, 0.3) is 0 Å². The van der Waals surface area contributed by atoms with Crippen molar-refractivity contribution in [3.05, 3.63) is 102 Å². The first-order chi connectivity index (χ1) is 16.4. The smallest absolute Gasteiger partial charge is 0.123 e. The van der Waals surface area contributed by atoms with Crippen LogP contribution in [0.25, 0.3) is 33.4 Å². The maximum atomic E-state index is 13.5. The first-order valence-electron chi connectivity index (χ1n) is 11.4. The van der Waals surface area contributed by atoms with E-state index in [-0.39, 0.29) is 5.82 Å². The highest BCUT2D eigenvalue weighted by Gasteiger charge is 2.16. The van der Waals surface area contributed by atoms with Crippen LogP contribution in [0.2, 0.25) is 0 Å². The van der Waals surface area contributed by atoms with Gasteiger partial charge in [-0.15, -0.1) is 0 Å². The molecule has 0 aliphatic carbocycles. The van der Waals surface area contributed by atoms with E-state index >= 15 is 0 Å². The highest BCUT2D eigenvalue weighted by atomic mass is 19.1. The van der Waals surface area contributed by atoms with Crippen molar-refractivity contribution in [2.24, 2.45) is 4.99 Å². The molecule has 4 nitrogen and oxygen atoms in total. The van der Waals surface area contributed by atoms with Gasteiger partial charge in [0.1, 0.15) is 11.5 Å². The van der Waals surface area contributed by atoms with Crippen LogP contribution in [0.15, 0.2) is 78.5 Å². The average molecular weight is 453 g/mol. The quantitative estimate of drug-likeness (QED) is 0.218. The van der Waals surface area contributed by atoms with E-state index in [2.05, 4.69) is 58.8 Å². The van der Waals surface area contributed by atoms with Gasteiger partial charge in [0.15, 0.2) is 0 Å². The highest BCUT2D eigenvalue weighted by molar-refractivity contribution is 5.95. The van der Waals surface area contributed by atoms with Crippen molar-refractivity contribution in [2.75, 3.05) is 0 Å². The number of hydrogen-bond donors (Lipinski definition) is 2. The molecule has 2 heterocycles. The van der Waals surface area contributed by atoms with Crippen LogP contribution >= 0.6 is 0 Å². The molecule has 2 aromatic carbocycles. The van der Waals surface area contributed by atoms with Gasteiger partial charge in [-0.3, -0.25) is 10.1 Å². The number of aromatic amines is 2. The van der Waals surface area contributed by atoms with Crippen LogP contribution in [-0.4, -0.2) is 20.9 Å². The summed E-state index contributed by atoms with van der Waals surface area (Å²) < 4.78 is 13.5. The number of rotatable bonds is 7. The summed E-state index contributed by atoms with van der Waals surface area (Å²) >= 11 is 0. The molecule has 5 heteroatoms. The molecule has 0 aliphatic rings. The summed E-state index contributed by atoms with van der Waals surface area (Å²) in [5.74, 6) is -0.258. The lowest BCUT2D eigenvalue weighted by atomic mass is 9.97. The lowest BCUT2D eigenvalue weighted by molar-refractivity contribution is 0.627. The summed E-state index contributed by atoms with van der Waals surface area (Å²) in [5.41, 5.74) is 9.94. The van der Waals surface area contributed by atoms with Crippen LogP contribution in [0, 0.1) is 12.7 Å². The maximum absolute atomic E-state index is 13.5. The van der Waals surface area contributed by atoms with Gasteiger partial charge in [0, 0.05) is 28.6 Å². The third kappa shape index (κ3) is 4.69. The minimum atomic E-state index is -0.258. The SMILES string of the molecule is C=C/C=C(/c1ccc(F)cc1)c1cc(-c2n[nH]c3ccc(/C(C)=C/N=C(C)CC)cc23)[nH]c1C. The third-order valence-electron chi connectivity index (χ3n) is 6.01. The number of aliphatic imine (C=N–C) groups is 1. The molecule has 2 N–H and O–H groups in total. The molecule has 4 rings (SSSR count). The Hall–Kier alpha value is -3.99. The van der Waals surface area contributed by atoms with Crippen LogP contribution in [-0.2, 0) is 0 Å². The van der Waals surface area contributed by atoms with Crippen LogP contribution in [0.3, 0.4) is 0 Å². The zero-order valence-corrected chi connectivity index (χ0v) is 20.0. The Morgan fingerprint density at radius 1 is 1.09 bits per heavy atom. The second-order valence-corrected chi connectivity index (χ2v) is 8.41. The zero-order valence-electron chi connectivity index (χ0n) is 20.0. The number of halogens is 1. The Kier molecular flexibility index (Phi) is 6.73. The molecule has 34 heavy (non-hydrogen) atoms. The molecule has 0 saturated heterocycles. The summed E-state index contributed by atoms with van der Waals surface area (Å²) in [4.78, 5) is 8.03. The van der Waals surface area contributed by atoms with Crippen molar-refractivity contribution < 1.29 is 4.39 Å². The molecule has 0 amide bonds. The van der Waals surface area contributed by atoms with Crippen molar-refractivity contribution in [3.63, 3.8) is 0 Å². The lowest BCUT2D eigenvalue weighted by Crippen LogP contribution is -1.89. The Labute approximate surface area is 199 Å². The number of fused-ring (bicyclic) bond motifs is 1. The molecule has 0 spiro atoms. The molecular weight excluding hydrogens is 423 g/mol. The van der Waals surface area contributed by atoms with Gasteiger partial charge >= 0.3 is 0 Å². The van der Waals surface area contributed by atoms with Gasteiger partial charge < -0.3 is 4.98 Å². The van der Waals surface area contributed by atoms with Gasteiger partial charge in [0.2, 0.25) is 0 Å². The summed E-state index contributed by atoms with van der Waals surface area (Å²) in [6.45, 7) is 12.1. The molecule has 4 aromatic rings. The van der Waals surface area contributed by atoms with E-state index in [0.29, 0.717) is 0 Å². The maximum Gasteiger partial charge on any atom is 0.123 e. The zero-order chi connectivity index (χ0) is 24.2. The van der Waals surface area contributed by atoms with E-state index in [1.807, 2.05) is 32.2 Å². The topological polar surface area (TPSA) is 56.8 Å². The van der Waals surface area contributed by atoms with Crippen molar-refractivity contribution in [3.8, 4) is 11.4 Å². The normalized spacial score (nSPS) is 13.0. The molecule has 0 bridgehead atoms. The minimum absolute atomic E-state index is 0.258. The summed E-state index contributed by atoms with van der Waals surface area (Å²) in [5, 5.41) is 8.78. The van der Waals surface area contributed by atoms with E-state index in [4.69, 9.17) is 0 Å². The largest absolute Gasteiger partial charge is 0.357 e. The molecule has 0 fully saturated rings. The number of nitrogens with one attached hydrogen (secondary N) is 2. The fourth-order valence-corrected chi connectivity index (χ4v) is 3.89. The fraction of sp³-hybridized carbons (Fsp3) is 0.172. The van der Waals surface area contributed by atoms with E-state index in [1.165, 1.54) is 12.1 Å². The molecular formula is C29H29FN4. The Morgan fingerprint density at radius 3 is 2.53 bits per heavy atom. The van der Waals surface area contributed by atoms with Gasteiger partial charge in [-0.25, -0.2) is 4.39 Å². The number of nitrogens with zero attached hydrogens (tertiary/aromatic N) is 2. The number of benzene rings is 2. The molecule has 172 valence electrons. The monoisotopic (exact) mass is 452 g/mol. The number of allylic oxidation sites excluding steroid dienone is 3. The average Bonchev–Trinajstić information content (AvgIpc) is 3.44. The predicted molar refractivity (Wildman–Crippen MR) is 141 cm³/mol. The summed E-state index contributed by atoms with van der Waals surface area (Å²) in [6.07, 6.45) is 6.55. The van der Waals surface area contributed by atoms with Crippen LogP contribution < -0.4 is 0 Å². The van der Waals surface area contributed by atoms with Gasteiger partial charge in [-0.05, 0) is 79.8 Å². The second kappa shape index (κ2) is 9.87. The molecule has 2 aromatic heterocycles. The first kappa shape index (κ1) is 23.2. The number of aromatic nitrogens is 3. The minimum Gasteiger partial charge on any atom is -0.357 e. The van der Waals surface area contributed by atoms with E-state index in [9.17, 15) is 4.39 Å². The number of aryl methyl sites for hydroxylation is 1. The standard InChI is InChI=1S/C29H29FN4/c1-6-8-24(21-9-12-23(30)13-10-21)25-16-28(32-20(25)5)29-26-15-22(11-14-27(26)33-34-29)18(3)17-31-19(4)7-2/h6,8-17,32H,1,7H2,2-5H3,(H,33,34)/b18-17+,24-8-,31-19?. The van der Waals surface area contributed by atoms with Crippen LogP contribution in [0.4, 0.5) is 4.39 Å². The van der Waals surface area contributed by atoms with E-state index < -0.39 is 0 Å². The molecule has 0 radical (unpaired) electrons. The summed E-state index contributed by atoms with van der Waals surface area (Å²) in [6, 6.07) is 14.9. The Balaban J connectivity index is 1.77. The predicted octanol–water partition coefficient (Wildman–Crippen LogP) is 7.85. The van der Waals surface area contributed by atoms with Crippen molar-refractivity contribution in [1.29, 1.82) is 0 Å². The van der Waals surface area contributed by atoms with Gasteiger partial charge in [0.05, 0.1) is 11.2 Å². The van der Waals surface area contributed by atoms with Crippen LogP contribution in [0.5, 0.6) is 0 Å². The second-order valence-electron chi connectivity index (χ2n) is 8.41. The fourth-order valence-electron chi connectivity index (χ4n) is 3.89. The van der Waals surface area contributed by atoms with Gasteiger partial charge in [-0.2, -0.15) is 5.10 Å². The summed E-state index contributed by atoms with van der Waals surface area (Å²) in [7, 11) is 0. The van der Waals surface area contributed by atoms with Crippen molar-refractivity contribution in [1.82, 2.24) is 15.2 Å². The Bertz CT molecular complexity index is 1430. The van der Waals surface area contributed by atoms with Crippen LogP contribution in [0.1, 0.15) is 49.6 Å². The first-order valence-corrected chi connectivity index (χ1v) is 11.4. The van der Waals surface area contributed by atoms with E-state index in [0.717, 1.165) is 68.0 Å². The molecule has 0 atom stereocenters. The molecule has 0 saturated carbocycles. The highest BCUT2D eigenvalue weighted by Crippen LogP contribution is 2.33. The lowest BCUT2D eigenvalue weighted by Gasteiger charge is -2.07. The van der Waals surface area contributed by atoms with Gasteiger partial charge in [-0.1, -0.05) is 43.9 Å². The Morgan fingerprint density at radius 2 is 1.82 bits per heavy atom. The van der Waals surface area contributed by atoms with E-state index in [1.54, 1.807) is 18.2 Å².